The van der Waals surface area contributed by atoms with Crippen molar-refractivity contribution >= 4 is 0 Å². The molecule has 6 heteroatoms. The third-order valence-electron chi connectivity index (χ3n) is 11.2. The van der Waals surface area contributed by atoms with Crippen LogP contribution in [-0.4, -0.2) is 85.6 Å². The van der Waals surface area contributed by atoms with Crippen molar-refractivity contribution in [3.8, 4) is 0 Å². The normalized spacial score (nSPS) is 63.3. The summed E-state index contributed by atoms with van der Waals surface area (Å²) in [7, 11) is 5.45. The Morgan fingerprint density at radius 2 is 1.87 bits per heavy atom. The van der Waals surface area contributed by atoms with E-state index in [1.54, 1.807) is 7.11 Å². The molecule has 1 heterocycles. The Balaban J connectivity index is 1.64. The lowest BCUT2D eigenvalue weighted by Crippen LogP contribution is -2.75. The summed E-state index contributed by atoms with van der Waals surface area (Å²) >= 11 is 0. The molecule has 13 atom stereocenters. The van der Waals surface area contributed by atoms with Gasteiger partial charge in [0.1, 0.15) is 0 Å². The fourth-order valence-electron chi connectivity index (χ4n) is 10.7. The van der Waals surface area contributed by atoms with E-state index in [1.807, 2.05) is 14.2 Å². The van der Waals surface area contributed by atoms with Crippen LogP contribution in [-0.2, 0) is 14.2 Å². The van der Waals surface area contributed by atoms with Gasteiger partial charge in [-0.25, -0.2) is 0 Å². The first-order valence-electron chi connectivity index (χ1n) is 12.1. The number of fused-ring (bicyclic) bond motifs is 2. The quantitative estimate of drug-likeness (QED) is 0.717. The Hall–Kier alpha value is -0.240. The van der Waals surface area contributed by atoms with Crippen molar-refractivity contribution < 1.29 is 24.4 Å². The summed E-state index contributed by atoms with van der Waals surface area (Å²) in [6.45, 7) is 6.76. The summed E-state index contributed by atoms with van der Waals surface area (Å²) in [5.41, 5.74) is -0.880. The van der Waals surface area contributed by atoms with Gasteiger partial charge in [0.05, 0.1) is 30.0 Å². The second kappa shape index (κ2) is 6.21. The minimum absolute atomic E-state index is 0.00800. The number of hydrogen-bond acceptors (Lipinski definition) is 6. The molecule has 30 heavy (non-hydrogen) atoms. The molecule has 1 spiro atoms. The van der Waals surface area contributed by atoms with Gasteiger partial charge in [-0.3, -0.25) is 4.90 Å². The van der Waals surface area contributed by atoms with Crippen molar-refractivity contribution in [3.63, 3.8) is 0 Å². The Labute approximate surface area is 180 Å². The Kier molecular flexibility index (Phi) is 4.21. The van der Waals surface area contributed by atoms with E-state index >= 15 is 0 Å². The minimum atomic E-state index is -0.956. The Morgan fingerprint density at radius 3 is 2.50 bits per heavy atom. The Bertz CT molecular complexity index is 734. The molecule has 13 unspecified atom stereocenters. The molecule has 6 fully saturated rings. The van der Waals surface area contributed by atoms with E-state index < -0.39 is 11.7 Å². The zero-order valence-corrected chi connectivity index (χ0v) is 19.1. The first-order chi connectivity index (χ1) is 14.3. The zero-order chi connectivity index (χ0) is 21.2. The third-order valence-corrected chi connectivity index (χ3v) is 11.2. The number of aliphatic hydroxyl groups excluding tert-OH is 1. The van der Waals surface area contributed by atoms with Gasteiger partial charge in [0.15, 0.2) is 0 Å². The van der Waals surface area contributed by atoms with Gasteiger partial charge in [-0.1, -0.05) is 13.8 Å². The smallest absolute Gasteiger partial charge is 0.0796 e. The summed E-state index contributed by atoms with van der Waals surface area (Å²) in [6.07, 6.45) is 3.29. The molecule has 6 nitrogen and oxygen atoms in total. The SMILES string of the molecule is CCN1CC2(C)CCC(OC)C34C5CC6C(OC)CC(O)(C5C6O)C(C(OC)C23)C14. The van der Waals surface area contributed by atoms with E-state index in [-0.39, 0.29) is 58.9 Å². The molecule has 0 aromatic rings. The molecule has 0 aromatic carbocycles. The predicted molar refractivity (Wildman–Crippen MR) is 111 cm³/mol. The van der Waals surface area contributed by atoms with Crippen molar-refractivity contribution in [2.75, 3.05) is 34.4 Å². The van der Waals surface area contributed by atoms with Crippen LogP contribution in [0.25, 0.3) is 0 Å². The monoisotopic (exact) mass is 421 g/mol. The molecule has 5 aliphatic carbocycles. The van der Waals surface area contributed by atoms with E-state index in [1.165, 1.54) is 0 Å². The van der Waals surface area contributed by atoms with Crippen LogP contribution in [0.1, 0.15) is 39.5 Å². The van der Waals surface area contributed by atoms with Crippen molar-refractivity contribution in [1.82, 2.24) is 4.90 Å². The zero-order valence-electron chi connectivity index (χ0n) is 19.1. The van der Waals surface area contributed by atoms with Gasteiger partial charge in [-0.2, -0.15) is 0 Å². The molecule has 2 N–H and O–H groups in total. The Morgan fingerprint density at radius 1 is 1.10 bits per heavy atom. The van der Waals surface area contributed by atoms with Gasteiger partial charge in [-0.05, 0) is 37.1 Å². The van der Waals surface area contributed by atoms with Crippen LogP contribution in [0, 0.1) is 40.4 Å². The summed E-state index contributed by atoms with van der Waals surface area (Å²) in [6, 6.07) is 0.239. The summed E-state index contributed by atoms with van der Waals surface area (Å²) in [5, 5.41) is 24.0. The van der Waals surface area contributed by atoms with Crippen LogP contribution in [0.15, 0.2) is 0 Å². The molecule has 7 bridgehead atoms. The van der Waals surface area contributed by atoms with E-state index in [0.29, 0.717) is 12.3 Å². The highest BCUT2D eigenvalue weighted by Gasteiger charge is 2.85. The summed E-state index contributed by atoms with van der Waals surface area (Å²) < 4.78 is 18.5. The molecule has 5 saturated carbocycles. The van der Waals surface area contributed by atoms with Gasteiger partial charge in [0.2, 0.25) is 0 Å². The molecule has 0 amide bonds. The molecular weight excluding hydrogens is 382 g/mol. The van der Waals surface area contributed by atoms with Crippen LogP contribution in [0.4, 0.5) is 0 Å². The number of ether oxygens (including phenoxy) is 3. The van der Waals surface area contributed by atoms with E-state index in [2.05, 4.69) is 18.7 Å². The van der Waals surface area contributed by atoms with E-state index in [9.17, 15) is 10.2 Å². The molecular formula is C24H39NO5. The average Bonchev–Trinajstić information content (AvgIpc) is 3.14. The van der Waals surface area contributed by atoms with Gasteiger partial charge in [0.25, 0.3) is 0 Å². The van der Waals surface area contributed by atoms with Crippen molar-refractivity contribution in [3.05, 3.63) is 0 Å². The first-order valence-corrected chi connectivity index (χ1v) is 12.1. The second-order valence-electron chi connectivity index (χ2n) is 11.6. The van der Waals surface area contributed by atoms with Gasteiger partial charge in [0, 0.05) is 69.4 Å². The number of nitrogens with zero attached hydrogens (tertiary/aromatic N) is 1. The van der Waals surface area contributed by atoms with Crippen LogP contribution in [0.3, 0.4) is 0 Å². The maximum Gasteiger partial charge on any atom is 0.0796 e. The van der Waals surface area contributed by atoms with Gasteiger partial charge in [-0.15, -0.1) is 0 Å². The largest absolute Gasteiger partial charge is 0.392 e. The molecule has 6 aliphatic rings. The maximum atomic E-state index is 12.5. The summed E-state index contributed by atoms with van der Waals surface area (Å²) in [5.74, 6) is 0.597. The molecule has 1 aliphatic heterocycles. The highest BCUT2D eigenvalue weighted by molar-refractivity contribution is 5.35. The summed E-state index contributed by atoms with van der Waals surface area (Å²) in [4.78, 5) is 2.65. The van der Waals surface area contributed by atoms with E-state index in [4.69, 9.17) is 14.2 Å². The standard InChI is InChI=1S/C24H39NO5/c1-6-25-11-22(2)8-7-15(29-4)24-13-9-12-14(28-3)10-23(27,16(13)18(12)26)17(21(24)25)19(30-5)20(22)24/h12-21,26-27H,6-11H2,1-5H3. The van der Waals surface area contributed by atoms with Crippen molar-refractivity contribution in [1.29, 1.82) is 0 Å². The molecule has 0 radical (unpaired) electrons. The third kappa shape index (κ3) is 1.92. The molecule has 1 saturated heterocycles. The lowest BCUT2D eigenvalue weighted by molar-refractivity contribution is -0.270. The van der Waals surface area contributed by atoms with Gasteiger partial charge < -0.3 is 24.4 Å². The average molecular weight is 422 g/mol. The molecule has 170 valence electrons. The minimum Gasteiger partial charge on any atom is -0.392 e. The number of likely N-dealkylation sites (tertiary alicyclic amines) is 1. The fourth-order valence-corrected chi connectivity index (χ4v) is 10.7. The van der Waals surface area contributed by atoms with Gasteiger partial charge >= 0.3 is 0 Å². The van der Waals surface area contributed by atoms with Crippen LogP contribution in [0.5, 0.6) is 0 Å². The van der Waals surface area contributed by atoms with Crippen LogP contribution >= 0.6 is 0 Å². The highest BCUT2D eigenvalue weighted by atomic mass is 16.5. The predicted octanol–water partition coefficient (Wildman–Crippen LogP) is 1.53. The maximum absolute atomic E-state index is 12.5. The fraction of sp³-hybridized carbons (Fsp3) is 1.00. The van der Waals surface area contributed by atoms with Crippen molar-refractivity contribution in [2.45, 2.75) is 75.6 Å². The highest BCUT2D eigenvalue weighted by Crippen LogP contribution is 2.79. The molecule has 0 aromatic heterocycles. The van der Waals surface area contributed by atoms with Crippen molar-refractivity contribution in [2.24, 2.45) is 40.4 Å². The molecule has 6 rings (SSSR count). The van der Waals surface area contributed by atoms with Crippen LogP contribution in [0.2, 0.25) is 0 Å². The number of rotatable bonds is 4. The topological polar surface area (TPSA) is 71.4 Å². The van der Waals surface area contributed by atoms with Crippen LogP contribution < -0.4 is 0 Å². The number of aliphatic hydroxyl groups is 2. The lowest BCUT2D eigenvalue weighted by Gasteiger charge is -2.68. The second-order valence-corrected chi connectivity index (χ2v) is 11.6. The first kappa shape index (κ1) is 20.4. The lowest BCUT2D eigenvalue weighted by atomic mass is 9.43. The number of hydrogen-bond donors (Lipinski definition) is 2. The number of methoxy groups -OCH3 is 3. The number of piperidine rings is 1. The van der Waals surface area contributed by atoms with E-state index in [0.717, 1.165) is 32.4 Å².